The highest BCUT2D eigenvalue weighted by Gasteiger charge is 2.17. The second-order valence-corrected chi connectivity index (χ2v) is 6.12. The molecule has 0 bridgehead atoms. The van der Waals surface area contributed by atoms with Gasteiger partial charge in [0.2, 0.25) is 0 Å². The van der Waals surface area contributed by atoms with Gasteiger partial charge in [0, 0.05) is 25.2 Å². The monoisotopic (exact) mass is 372 g/mol. The molecule has 6 nitrogen and oxygen atoms in total. The molecule has 0 aromatic heterocycles. The van der Waals surface area contributed by atoms with Crippen LogP contribution in [-0.2, 0) is 14.3 Å². The van der Waals surface area contributed by atoms with Gasteiger partial charge >= 0.3 is 6.09 Å². The molecule has 1 unspecified atom stereocenters. The molecule has 1 heterocycles. The Morgan fingerprint density at radius 1 is 1.40 bits per heavy atom. The van der Waals surface area contributed by atoms with Gasteiger partial charge in [-0.25, -0.2) is 9.18 Å². The van der Waals surface area contributed by atoms with E-state index < -0.39 is 18.0 Å². The molecule has 1 aromatic carbocycles. The van der Waals surface area contributed by atoms with Crippen LogP contribution in [0.15, 0.2) is 18.2 Å². The lowest BCUT2D eigenvalue weighted by Crippen LogP contribution is -2.36. The molecule has 1 aromatic rings. The summed E-state index contributed by atoms with van der Waals surface area (Å²) in [4.78, 5) is 24.8. The first-order chi connectivity index (χ1) is 12.0. The number of hydrogen-bond acceptors (Lipinski definition) is 5. The molecule has 1 saturated heterocycles. The first-order valence-electron chi connectivity index (χ1n) is 8.15. The summed E-state index contributed by atoms with van der Waals surface area (Å²) in [6, 6.07) is 4.47. The van der Waals surface area contributed by atoms with Crippen LogP contribution in [0.3, 0.4) is 0 Å². The Bertz CT molecular complexity index is 608. The molecule has 1 N–H and O–H groups in total. The Labute approximate surface area is 151 Å². The van der Waals surface area contributed by atoms with E-state index in [0.717, 1.165) is 0 Å². The van der Waals surface area contributed by atoms with E-state index >= 15 is 0 Å². The molecule has 8 heteroatoms. The first kappa shape index (κ1) is 19.5. The Morgan fingerprint density at radius 3 is 2.72 bits per heavy atom. The number of carbonyl (C=O) groups excluding carboxylic acids is 2. The largest absolute Gasteiger partial charge is 0.445 e. The fourth-order valence-electron chi connectivity index (χ4n) is 2.48. The van der Waals surface area contributed by atoms with Gasteiger partial charge in [0.1, 0.15) is 17.7 Å². The smallest absolute Gasteiger partial charge is 0.411 e. The number of amides is 1. The molecule has 0 saturated carbocycles. The number of hydrogen-bond donors (Lipinski definition) is 1. The topological polar surface area (TPSA) is 67.9 Å². The van der Waals surface area contributed by atoms with Crippen LogP contribution in [0.4, 0.5) is 20.6 Å². The minimum absolute atomic E-state index is 0.0000950. The van der Waals surface area contributed by atoms with Crippen LogP contribution in [0.2, 0.25) is 0 Å². The number of ketones is 1. The number of nitrogens with zero attached hydrogens (tertiary/aromatic N) is 1. The summed E-state index contributed by atoms with van der Waals surface area (Å²) >= 11 is 5.74. The molecular weight excluding hydrogens is 351 g/mol. The van der Waals surface area contributed by atoms with E-state index in [2.05, 4.69) is 5.32 Å². The van der Waals surface area contributed by atoms with Gasteiger partial charge in [-0.1, -0.05) is 0 Å². The maximum absolute atomic E-state index is 14.3. The van der Waals surface area contributed by atoms with Gasteiger partial charge in [0.25, 0.3) is 0 Å². The van der Waals surface area contributed by atoms with Crippen molar-refractivity contribution in [1.82, 2.24) is 0 Å². The SMILES string of the molecule is CC(=O)CCC(CCl)OC(=O)Nc1ccc(N2CCOCC2)c(F)c1. The molecule has 2 rings (SSSR count). The molecule has 25 heavy (non-hydrogen) atoms. The number of halogens is 2. The summed E-state index contributed by atoms with van der Waals surface area (Å²) in [7, 11) is 0. The van der Waals surface area contributed by atoms with Gasteiger partial charge in [0.05, 0.1) is 24.8 Å². The quantitative estimate of drug-likeness (QED) is 0.744. The Kier molecular flexibility index (Phi) is 7.46. The van der Waals surface area contributed by atoms with Crippen molar-refractivity contribution >= 4 is 34.9 Å². The van der Waals surface area contributed by atoms with E-state index in [4.69, 9.17) is 21.1 Å². The molecule has 1 fully saturated rings. The van der Waals surface area contributed by atoms with E-state index in [1.165, 1.54) is 13.0 Å². The van der Waals surface area contributed by atoms with E-state index in [-0.39, 0.29) is 18.1 Å². The predicted octanol–water partition coefficient (Wildman–Crippen LogP) is 3.19. The fourth-order valence-corrected chi connectivity index (χ4v) is 2.69. The number of ether oxygens (including phenoxy) is 2. The third kappa shape index (κ3) is 6.17. The van der Waals surface area contributed by atoms with Gasteiger partial charge in [-0.2, -0.15) is 0 Å². The van der Waals surface area contributed by atoms with Gasteiger partial charge in [-0.15, -0.1) is 11.6 Å². The fraction of sp³-hybridized carbons (Fsp3) is 0.529. The lowest BCUT2D eigenvalue weighted by atomic mass is 10.2. The zero-order valence-corrected chi connectivity index (χ0v) is 14.9. The molecule has 1 aliphatic rings. The number of nitrogens with one attached hydrogen (secondary N) is 1. The second kappa shape index (κ2) is 9.58. The average molecular weight is 373 g/mol. The Hall–Kier alpha value is -1.86. The lowest BCUT2D eigenvalue weighted by Gasteiger charge is -2.29. The van der Waals surface area contributed by atoms with Crippen molar-refractivity contribution < 1.29 is 23.5 Å². The maximum atomic E-state index is 14.3. The van der Waals surface area contributed by atoms with E-state index in [1.807, 2.05) is 4.90 Å². The molecule has 0 radical (unpaired) electrons. The molecular formula is C17H22ClFN2O4. The summed E-state index contributed by atoms with van der Waals surface area (Å²) in [5.74, 6) is -0.338. The van der Waals surface area contributed by atoms with Gasteiger partial charge in [-0.05, 0) is 31.5 Å². The van der Waals surface area contributed by atoms with Crippen LogP contribution in [0.1, 0.15) is 19.8 Å². The van der Waals surface area contributed by atoms with Crippen molar-refractivity contribution in [1.29, 1.82) is 0 Å². The number of rotatable bonds is 7. The average Bonchev–Trinajstić information content (AvgIpc) is 2.59. The second-order valence-electron chi connectivity index (χ2n) is 5.81. The zero-order chi connectivity index (χ0) is 18.2. The highest BCUT2D eigenvalue weighted by atomic mass is 35.5. The van der Waals surface area contributed by atoms with Gasteiger partial charge in [0.15, 0.2) is 0 Å². The van der Waals surface area contributed by atoms with Crippen molar-refractivity contribution in [2.24, 2.45) is 0 Å². The van der Waals surface area contributed by atoms with E-state index in [0.29, 0.717) is 44.1 Å². The van der Waals surface area contributed by atoms with Crippen molar-refractivity contribution in [2.75, 3.05) is 42.4 Å². The van der Waals surface area contributed by atoms with Crippen molar-refractivity contribution in [3.8, 4) is 0 Å². The van der Waals surface area contributed by atoms with Crippen molar-refractivity contribution in [3.05, 3.63) is 24.0 Å². The summed E-state index contributed by atoms with van der Waals surface area (Å²) in [5.41, 5.74) is 0.765. The standard InChI is InChI=1S/C17H22ClFN2O4/c1-12(22)2-4-14(11-18)25-17(23)20-13-3-5-16(15(19)10-13)21-6-8-24-9-7-21/h3,5,10,14H,2,4,6-9,11H2,1H3,(H,20,23). The number of morpholine rings is 1. The highest BCUT2D eigenvalue weighted by molar-refractivity contribution is 6.18. The molecule has 0 spiro atoms. The van der Waals surface area contributed by atoms with Crippen molar-refractivity contribution in [2.45, 2.75) is 25.9 Å². The molecule has 1 amide bonds. The van der Waals surface area contributed by atoms with E-state index in [1.54, 1.807) is 12.1 Å². The predicted molar refractivity (Wildman–Crippen MR) is 94.0 cm³/mol. The van der Waals surface area contributed by atoms with Crippen LogP contribution in [0.5, 0.6) is 0 Å². The maximum Gasteiger partial charge on any atom is 0.411 e. The van der Waals surface area contributed by atoms with Crippen LogP contribution < -0.4 is 10.2 Å². The number of benzene rings is 1. The first-order valence-corrected chi connectivity index (χ1v) is 8.68. The minimum atomic E-state index is -0.729. The van der Waals surface area contributed by atoms with Crippen LogP contribution in [-0.4, -0.2) is 50.2 Å². The van der Waals surface area contributed by atoms with Crippen LogP contribution >= 0.6 is 11.6 Å². The van der Waals surface area contributed by atoms with Crippen LogP contribution in [0.25, 0.3) is 0 Å². The van der Waals surface area contributed by atoms with Crippen LogP contribution in [0, 0.1) is 5.82 Å². The number of carbonyl (C=O) groups is 2. The highest BCUT2D eigenvalue weighted by Crippen LogP contribution is 2.24. The number of anilines is 2. The van der Waals surface area contributed by atoms with Crippen molar-refractivity contribution in [3.63, 3.8) is 0 Å². The minimum Gasteiger partial charge on any atom is -0.445 e. The third-order valence-electron chi connectivity index (χ3n) is 3.81. The van der Waals surface area contributed by atoms with Gasteiger partial charge in [-0.3, -0.25) is 5.32 Å². The molecule has 0 aliphatic carbocycles. The summed E-state index contributed by atoms with van der Waals surface area (Å²) in [5, 5.41) is 2.48. The van der Waals surface area contributed by atoms with E-state index in [9.17, 15) is 14.0 Å². The summed E-state index contributed by atoms with van der Waals surface area (Å²) in [6.45, 7) is 3.83. The number of alkyl halides is 1. The summed E-state index contributed by atoms with van der Waals surface area (Å²) in [6.07, 6.45) is -0.653. The lowest BCUT2D eigenvalue weighted by molar-refractivity contribution is -0.117. The third-order valence-corrected chi connectivity index (χ3v) is 4.15. The number of Topliss-reactive ketones (excluding diaryl/α,β-unsaturated/α-hetero) is 1. The molecule has 1 atom stereocenters. The normalized spacial score (nSPS) is 15.6. The Morgan fingerprint density at radius 2 is 2.12 bits per heavy atom. The molecule has 138 valence electrons. The molecule has 1 aliphatic heterocycles. The summed E-state index contributed by atoms with van der Waals surface area (Å²) < 4.78 is 24.7. The Balaban J connectivity index is 1.91. The van der Waals surface area contributed by atoms with Gasteiger partial charge < -0.3 is 19.2 Å². The zero-order valence-electron chi connectivity index (χ0n) is 14.1.